The Morgan fingerprint density at radius 2 is 1.27 bits per heavy atom. The highest BCUT2D eigenvalue weighted by molar-refractivity contribution is 7.80. The topological polar surface area (TPSA) is 21.7 Å². The van der Waals surface area contributed by atoms with E-state index < -0.39 is 8.32 Å². The van der Waals surface area contributed by atoms with Crippen LogP contribution in [0.25, 0.3) is 0 Å². The smallest absolute Gasteiger partial charge is 0.261 e. The summed E-state index contributed by atoms with van der Waals surface area (Å²) in [5.74, 6) is 0. The third kappa shape index (κ3) is 6.40. The molecule has 0 amide bonds. The molecule has 0 unspecified atom stereocenters. The van der Waals surface area contributed by atoms with Gasteiger partial charge in [-0.3, -0.25) is 0 Å². The lowest BCUT2D eigenvalue weighted by atomic mass is 10.2. The van der Waals surface area contributed by atoms with Crippen molar-refractivity contribution < 1.29 is 9.16 Å². The van der Waals surface area contributed by atoms with E-state index in [1.807, 2.05) is 19.0 Å². The summed E-state index contributed by atoms with van der Waals surface area (Å²) in [6.45, 7) is 8.44. The van der Waals surface area contributed by atoms with Crippen molar-refractivity contribution in [3.63, 3.8) is 0 Å². The largest absolute Gasteiger partial charge is 0.471 e. The first kappa shape index (κ1) is 24.6. The van der Waals surface area contributed by atoms with Crippen LogP contribution in [0.2, 0.25) is 5.04 Å². The fraction of sp³-hybridized carbons (Fsp3) is 0.480. The standard InChI is InChI=1S/C25H37NO2SSi/c1-25(2,3)30(22-16-10-8-11-17-22,23-18-12-9-13-19-23)28-21-15-7-6-14-20-27-24(29)26(4)5/h8-13,16-19H,6-7,14-15,20-21H2,1-5H3. The molecule has 0 radical (unpaired) electrons. The molecule has 0 heterocycles. The van der Waals surface area contributed by atoms with Crippen LogP contribution in [0, 0.1) is 0 Å². The molecule has 2 aromatic rings. The molecule has 0 spiro atoms. The highest BCUT2D eigenvalue weighted by atomic mass is 32.1. The fourth-order valence-electron chi connectivity index (χ4n) is 3.83. The molecule has 0 N–H and O–H groups in total. The van der Waals surface area contributed by atoms with Crippen LogP contribution in [-0.4, -0.2) is 45.7 Å². The van der Waals surface area contributed by atoms with Crippen LogP contribution in [0.15, 0.2) is 60.7 Å². The Kier molecular flexibility index (Phi) is 9.53. The number of hydrogen-bond donors (Lipinski definition) is 0. The molecule has 30 heavy (non-hydrogen) atoms. The number of nitrogens with zero attached hydrogens (tertiary/aromatic N) is 1. The molecule has 2 aromatic carbocycles. The van der Waals surface area contributed by atoms with Crippen molar-refractivity contribution >= 4 is 36.1 Å². The van der Waals surface area contributed by atoms with Gasteiger partial charge in [-0.05, 0) is 46.9 Å². The summed E-state index contributed by atoms with van der Waals surface area (Å²) < 4.78 is 12.5. The van der Waals surface area contributed by atoms with Gasteiger partial charge in [-0.1, -0.05) is 87.9 Å². The molecule has 0 aromatic heterocycles. The Bertz CT molecular complexity index is 720. The molecule has 0 fully saturated rings. The second-order valence-electron chi connectivity index (χ2n) is 8.93. The molecular formula is C25H37NO2SSi. The summed E-state index contributed by atoms with van der Waals surface area (Å²) in [6.07, 6.45) is 4.34. The zero-order valence-electron chi connectivity index (χ0n) is 19.2. The van der Waals surface area contributed by atoms with Crippen molar-refractivity contribution in [3.05, 3.63) is 60.7 Å². The van der Waals surface area contributed by atoms with Crippen molar-refractivity contribution in [2.24, 2.45) is 0 Å². The summed E-state index contributed by atoms with van der Waals surface area (Å²) in [4.78, 5) is 1.83. The summed E-state index contributed by atoms with van der Waals surface area (Å²) >= 11 is 5.15. The Morgan fingerprint density at radius 1 is 0.800 bits per heavy atom. The molecule has 0 bridgehead atoms. The lowest BCUT2D eigenvalue weighted by molar-refractivity contribution is 0.254. The SMILES string of the molecule is CN(C)C(=S)OCCCCCCO[Si](c1ccccc1)(c1ccccc1)C(C)(C)C. The minimum atomic E-state index is -2.40. The number of ether oxygens (including phenoxy) is 1. The third-order valence-corrected chi connectivity index (χ3v) is 10.9. The molecule has 0 aliphatic carbocycles. The highest BCUT2D eigenvalue weighted by Crippen LogP contribution is 2.36. The second-order valence-corrected chi connectivity index (χ2v) is 13.6. The average molecular weight is 444 g/mol. The van der Waals surface area contributed by atoms with Crippen molar-refractivity contribution in [2.45, 2.75) is 51.5 Å². The molecule has 3 nitrogen and oxygen atoms in total. The first-order valence-corrected chi connectivity index (χ1v) is 13.2. The summed E-state index contributed by atoms with van der Waals surface area (Å²) in [6, 6.07) is 21.7. The van der Waals surface area contributed by atoms with Crippen molar-refractivity contribution in [1.29, 1.82) is 0 Å². The molecular weight excluding hydrogens is 406 g/mol. The van der Waals surface area contributed by atoms with Gasteiger partial charge in [-0.15, -0.1) is 0 Å². The van der Waals surface area contributed by atoms with Gasteiger partial charge in [0, 0.05) is 20.7 Å². The maximum atomic E-state index is 6.92. The summed E-state index contributed by atoms with van der Waals surface area (Å²) in [5, 5.41) is 3.28. The number of unbranched alkanes of at least 4 members (excludes halogenated alkanes) is 3. The van der Waals surface area contributed by atoms with E-state index in [2.05, 4.69) is 81.4 Å². The second kappa shape index (κ2) is 11.6. The van der Waals surface area contributed by atoms with Crippen LogP contribution in [0.5, 0.6) is 0 Å². The van der Waals surface area contributed by atoms with Gasteiger partial charge in [0.2, 0.25) is 0 Å². The first-order valence-electron chi connectivity index (χ1n) is 10.9. The monoisotopic (exact) mass is 443 g/mol. The normalized spacial score (nSPS) is 11.9. The Labute approximate surface area is 189 Å². The number of thiocarbonyl (C=S) groups is 1. The van der Waals surface area contributed by atoms with Crippen LogP contribution in [-0.2, 0) is 9.16 Å². The number of hydrogen-bond acceptors (Lipinski definition) is 3. The van der Waals surface area contributed by atoms with E-state index in [-0.39, 0.29) is 5.04 Å². The fourth-order valence-corrected chi connectivity index (χ4v) is 8.52. The zero-order valence-corrected chi connectivity index (χ0v) is 21.0. The number of rotatable bonds is 10. The van der Waals surface area contributed by atoms with Gasteiger partial charge in [0.1, 0.15) is 0 Å². The third-order valence-electron chi connectivity index (χ3n) is 5.36. The van der Waals surface area contributed by atoms with Gasteiger partial charge < -0.3 is 14.1 Å². The molecule has 0 saturated heterocycles. The van der Waals surface area contributed by atoms with Crippen molar-refractivity contribution in [1.82, 2.24) is 4.90 Å². The quantitative estimate of drug-likeness (QED) is 0.293. The van der Waals surface area contributed by atoms with Gasteiger partial charge in [-0.2, -0.15) is 0 Å². The zero-order chi connectivity index (χ0) is 22.0. The molecule has 0 aliphatic heterocycles. The summed E-state index contributed by atoms with van der Waals surface area (Å²) in [5.41, 5.74) is 0. The van der Waals surface area contributed by atoms with Gasteiger partial charge in [0.15, 0.2) is 0 Å². The maximum Gasteiger partial charge on any atom is 0.261 e. The van der Waals surface area contributed by atoms with E-state index in [4.69, 9.17) is 21.4 Å². The average Bonchev–Trinajstić information content (AvgIpc) is 2.73. The van der Waals surface area contributed by atoms with Crippen LogP contribution in [0.4, 0.5) is 0 Å². The molecule has 0 saturated carbocycles. The predicted octanol–water partition coefficient (Wildman–Crippen LogP) is 4.99. The van der Waals surface area contributed by atoms with Crippen LogP contribution < -0.4 is 10.4 Å². The minimum absolute atomic E-state index is 0.0332. The lowest BCUT2D eigenvalue weighted by Gasteiger charge is -2.43. The molecule has 5 heteroatoms. The minimum Gasteiger partial charge on any atom is -0.471 e. The molecule has 2 rings (SSSR count). The molecule has 0 aliphatic rings. The Morgan fingerprint density at radius 3 is 1.70 bits per heavy atom. The van der Waals surface area contributed by atoms with E-state index in [0.717, 1.165) is 32.3 Å². The number of benzene rings is 2. The first-order chi connectivity index (χ1) is 14.3. The predicted molar refractivity (Wildman–Crippen MR) is 134 cm³/mol. The van der Waals surface area contributed by atoms with Crippen LogP contribution in [0.3, 0.4) is 0 Å². The van der Waals surface area contributed by atoms with Crippen LogP contribution in [0.1, 0.15) is 46.5 Å². The van der Waals surface area contributed by atoms with Gasteiger partial charge >= 0.3 is 0 Å². The van der Waals surface area contributed by atoms with E-state index in [0.29, 0.717) is 11.8 Å². The van der Waals surface area contributed by atoms with Crippen molar-refractivity contribution in [3.8, 4) is 0 Å². The summed E-state index contributed by atoms with van der Waals surface area (Å²) in [7, 11) is 1.41. The maximum absolute atomic E-state index is 6.92. The molecule has 0 atom stereocenters. The Hall–Kier alpha value is -1.69. The lowest BCUT2D eigenvalue weighted by Crippen LogP contribution is -2.66. The Balaban J connectivity index is 2.01. The van der Waals surface area contributed by atoms with Crippen LogP contribution >= 0.6 is 12.2 Å². The van der Waals surface area contributed by atoms with E-state index in [9.17, 15) is 0 Å². The highest BCUT2D eigenvalue weighted by Gasteiger charge is 2.49. The van der Waals surface area contributed by atoms with Gasteiger partial charge in [0.25, 0.3) is 13.5 Å². The molecule has 164 valence electrons. The van der Waals surface area contributed by atoms with E-state index in [1.165, 1.54) is 10.4 Å². The van der Waals surface area contributed by atoms with Gasteiger partial charge in [0.05, 0.1) is 6.61 Å². The van der Waals surface area contributed by atoms with Crippen molar-refractivity contribution in [2.75, 3.05) is 27.3 Å². The van der Waals surface area contributed by atoms with Gasteiger partial charge in [-0.25, -0.2) is 0 Å². The van der Waals surface area contributed by atoms with E-state index in [1.54, 1.807) is 0 Å². The van der Waals surface area contributed by atoms with E-state index >= 15 is 0 Å².